The van der Waals surface area contributed by atoms with Gasteiger partial charge in [0, 0.05) is 56.9 Å². The molecule has 11 heteroatoms. The molecule has 1 atom stereocenters. The Morgan fingerprint density at radius 3 is 2.41 bits per heavy atom. The quantitative estimate of drug-likeness (QED) is 0.406. The molecule has 2 saturated heterocycles. The van der Waals surface area contributed by atoms with E-state index in [1.807, 2.05) is 42.7 Å². The monoisotopic (exact) mass is 522 g/mol. The summed E-state index contributed by atoms with van der Waals surface area (Å²) in [5.41, 5.74) is 4.04. The Bertz CT molecular complexity index is 1540. The van der Waals surface area contributed by atoms with Gasteiger partial charge in [0.25, 0.3) is 0 Å². The number of benzene rings is 1. The molecule has 0 bridgehead atoms. The maximum atomic E-state index is 12.9. The van der Waals surface area contributed by atoms with Gasteiger partial charge < -0.3 is 15.1 Å². The molecular formula is C28H30N10O. The van der Waals surface area contributed by atoms with E-state index in [9.17, 15) is 10.1 Å². The Hall–Kier alpha value is -4.56. The number of rotatable bonds is 6. The van der Waals surface area contributed by atoms with Crippen LogP contribution in [0.1, 0.15) is 30.5 Å². The summed E-state index contributed by atoms with van der Waals surface area (Å²) in [7, 11) is 0. The van der Waals surface area contributed by atoms with Gasteiger partial charge in [-0.3, -0.25) is 0 Å². The summed E-state index contributed by atoms with van der Waals surface area (Å²) in [4.78, 5) is 30.9. The fraction of sp³-hybridized carbons (Fsp3) is 0.357. The van der Waals surface area contributed by atoms with Crippen molar-refractivity contribution < 1.29 is 0 Å². The van der Waals surface area contributed by atoms with Crippen LogP contribution in [-0.2, 0) is 6.42 Å². The van der Waals surface area contributed by atoms with E-state index in [0.717, 1.165) is 80.4 Å². The van der Waals surface area contributed by atoms with Gasteiger partial charge >= 0.3 is 5.69 Å². The van der Waals surface area contributed by atoms with Crippen molar-refractivity contribution in [3.8, 4) is 22.9 Å². The highest BCUT2D eigenvalue weighted by Gasteiger charge is 2.23. The van der Waals surface area contributed by atoms with E-state index < -0.39 is 0 Å². The molecule has 0 spiro atoms. The van der Waals surface area contributed by atoms with Crippen molar-refractivity contribution in [3.05, 3.63) is 76.9 Å². The zero-order valence-electron chi connectivity index (χ0n) is 21.9. The summed E-state index contributed by atoms with van der Waals surface area (Å²) in [5, 5.41) is 17.5. The first kappa shape index (κ1) is 24.8. The molecule has 2 aliphatic heterocycles. The zero-order chi connectivity index (χ0) is 26.8. The summed E-state index contributed by atoms with van der Waals surface area (Å²) in [6.07, 6.45) is 8.97. The predicted molar refractivity (Wildman–Crippen MR) is 148 cm³/mol. The highest BCUT2D eigenvalue weighted by atomic mass is 16.2. The standard InChI is InChI=1S/C28H30N10O/c1-2-20-15-32-27(33-16-20)36-11-9-35(10-12-36)26-22(14-29)13-23(17-31-26)21-3-5-24(6-4-21)37-19-34-38(28(37)39)25-7-8-30-18-25/h3-6,13,15-17,19,25,30H,2,7-12,18H2,1H3. The van der Waals surface area contributed by atoms with Crippen molar-refractivity contribution in [2.24, 2.45) is 0 Å². The Morgan fingerprint density at radius 1 is 1.00 bits per heavy atom. The van der Waals surface area contributed by atoms with Gasteiger partial charge in [-0.1, -0.05) is 19.1 Å². The number of nitrogens with one attached hydrogen (secondary N) is 1. The summed E-state index contributed by atoms with van der Waals surface area (Å²) >= 11 is 0. The second-order valence-electron chi connectivity index (χ2n) is 9.85. The van der Waals surface area contributed by atoms with E-state index in [4.69, 9.17) is 4.98 Å². The van der Waals surface area contributed by atoms with Crippen LogP contribution >= 0.6 is 0 Å². The first-order valence-corrected chi connectivity index (χ1v) is 13.3. The van der Waals surface area contributed by atoms with Gasteiger partial charge in [-0.2, -0.15) is 10.4 Å². The molecule has 0 saturated carbocycles. The first-order chi connectivity index (χ1) is 19.1. The lowest BCUT2D eigenvalue weighted by Crippen LogP contribution is -2.47. The van der Waals surface area contributed by atoms with Crippen molar-refractivity contribution in [1.29, 1.82) is 5.26 Å². The third kappa shape index (κ3) is 4.86. The summed E-state index contributed by atoms with van der Waals surface area (Å²) in [6, 6.07) is 12.0. The fourth-order valence-corrected chi connectivity index (χ4v) is 5.17. The number of nitriles is 1. The van der Waals surface area contributed by atoms with E-state index in [-0.39, 0.29) is 11.7 Å². The van der Waals surface area contributed by atoms with Gasteiger partial charge in [0.15, 0.2) is 0 Å². The highest BCUT2D eigenvalue weighted by molar-refractivity contribution is 5.69. The zero-order valence-corrected chi connectivity index (χ0v) is 21.9. The van der Waals surface area contributed by atoms with Crippen molar-refractivity contribution >= 4 is 11.8 Å². The molecule has 3 aromatic heterocycles. The van der Waals surface area contributed by atoms with Crippen molar-refractivity contribution in [2.75, 3.05) is 49.1 Å². The van der Waals surface area contributed by atoms with E-state index in [1.54, 1.807) is 21.8 Å². The molecule has 1 aromatic carbocycles. The summed E-state index contributed by atoms with van der Waals surface area (Å²) in [5.74, 6) is 1.43. The second kappa shape index (κ2) is 10.7. The Labute approximate surface area is 226 Å². The molecule has 6 rings (SSSR count). The molecule has 4 aromatic rings. The van der Waals surface area contributed by atoms with E-state index in [1.165, 1.54) is 0 Å². The largest absolute Gasteiger partial charge is 0.352 e. The smallest absolute Gasteiger partial charge is 0.350 e. The number of pyridine rings is 1. The number of piperazine rings is 1. The van der Waals surface area contributed by atoms with Crippen molar-refractivity contribution in [2.45, 2.75) is 25.8 Å². The number of nitrogens with zero attached hydrogens (tertiary/aromatic N) is 9. The molecule has 2 aliphatic rings. The van der Waals surface area contributed by atoms with E-state index in [0.29, 0.717) is 11.4 Å². The second-order valence-corrected chi connectivity index (χ2v) is 9.85. The van der Waals surface area contributed by atoms with Crippen LogP contribution in [0.15, 0.2) is 60.0 Å². The predicted octanol–water partition coefficient (Wildman–Crippen LogP) is 2.18. The lowest BCUT2D eigenvalue weighted by molar-refractivity contribution is 0.472. The lowest BCUT2D eigenvalue weighted by Gasteiger charge is -2.35. The average molecular weight is 523 g/mol. The van der Waals surface area contributed by atoms with Gasteiger partial charge in [0.1, 0.15) is 18.2 Å². The summed E-state index contributed by atoms with van der Waals surface area (Å²) < 4.78 is 3.12. The van der Waals surface area contributed by atoms with Crippen LogP contribution in [-0.4, -0.2) is 68.6 Å². The number of hydrogen-bond donors (Lipinski definition) is 1. The Kier molecular flexibility index (Phi) is 6.77. The van der Waals surface area contributed by atoms with E-state index >= 15 is 0 Å². The molecule has 1 N–H and O–H groups in total. The van der Waals surface area contributed by atoms with Crippen LogP contribution in [0.2, 0.25) is 0 Å². The molecule has 198 valence electrons. The third-order valence-corrected chi connectivity index (χ3v) is 7.50. The average Bonchev–Trinajstić information content (AvgIpc) is 3.67. The number of anilines is 2. The first-order valence-electron chi connectivity index (χ1n) is 13.3. The van der Waals surface area contributed by atoms with Crippen LogP contribution in [0.4, 0.5) is 11.8 Å². The van der Waals surface area contributed by atoms with Crippen molar-refractivity contribution in [1.82, 2.24) is 34.6 Å². The van der Waals surface area contributed by atoms with Crippen LogP contribution in [0.25, 0.3) is 16.8 Å². The topological polar surface area (TPSA) is 121 Å². The van der Waals surface area contributed by atoms with Gasteiger partial charge in [-0.05, 0) is 48.7 Å². The molecule has 1 unspecified atom stereocenters. The SMILES string of the molecule is CCc1cnc(N2CCN(c3ncc(-c4ccc(-n5cnn(C6CCNC6)c5=O)cc4)cc3C#N)CC2)nc1. The normalized spacial score (nSPS) is 17.4. The third-order valence-electron chi connectivity index (χ3n) is 7.50. The van der Waals surface area contributed by atoms with Crippen LogP contribution in [0, 0.1) is 11.3 Å². The minimum absolute atomic E-state index is 0.0932. The molecule has 0 amide bonds. The van der Waals surface area contributed by atoms with Gasteiger partial charge in [-0.15, -0.1) is 0 Å². The molecule has 5 heterocycles. The molecule has 11 nitrogen and oxygen atoms in total. The number of aryl methyl sites for hydroxylation is 1. The Balaban J connectivity index is 1.16. The molecule has 39 heavy (non-hydrogen) atoms. The molecule has 2 fully saturated rings. The molecule has 0 radical (unpaired) electrons. The van der Waals surface area contributed by atoms with Crippen LogP contribution in [0.5, 0.6) is 0 Å². The number of hydrogen-bond acceptors (Lipinski definition) is 9. The number of aromatic nitrogens is 6. The molecule has 0 aliphatic carbocycles. The highest BCUT2D eigenvalue weighted by Crippen LogP contribution is 2.27. The minimum Gasteiger partial charge on any atom is -0.352 e. The van der Waals surface area contributed by atoms with E-state index in [2.05, 4.69) is 43.2 Å². The van der Waals surface area contributed by atoms with Gasteiger partial charge in [-0.25, -0.2) is 29.0 Å². The minimum atomic E-state index is -0.140. The maximum Gasteiger partial charge on any atom is 0.350 e. The maximum absolute atomic E-state index is 12.9. The van der Waals surface area contributed by atoms with Crippen LogP contribution < -0.4 is 20.8 Å². The lowest BCUT2D eigenvalue weighted by atomic mass is 10.0. The van der Waals surface area contributed by atoms with Gasteiger partial charge in [0.2, 0.25) is 5.95 Å². The van der Waals surface area contributed by atoms with Crippen LogP contribution in [0.3, 0.4) is 0 Å². The summed E-state index contributed by atoms with van der Waals surface area (Å²) in [6.45, 7) is 6.72. The van der Waals surface area contributed by atoms with Gasteiger partial charge in [0.05, 0.1) is 17.3 Å². The fourth-order valence-electron chi connectivity index (χ4n) is 5.17. The van der Waals surface area contributed by atoms with Crippen molar-refractivity contribution in [3.63, 3.8) is 0 Å². The molecular weight excluding hydrogens is 492 g/mol. The Morgan fingerprint density at radius 2 is 1.74 bits per heavy atom.